The molecule has 1 N–H and O–H groups in total. The van der Waals surface area contributed by atoms with Gasteiger partial charge in [0.25, 0.3) is 5.91 Å². The van der Waals surface area contributed by atoms with Crippen LogP contribution in [0.1, 0.15) is 24.2 Å². The molecule has 0 radical (unpaired) electrons. The first-order chi connectivity index (χ1) is 7.50. The molecule has 0 saturated carbocycles. The molecule has 16 heavy (non-hydrogen) atoms. The molecular formula is C11H17BrN2OS. The van der Waals surface area contributed by atoms with Crippen LogP contribution in [0.25, 0.3) is 0 Å². The molecule has 90 valence electrons. The van der Waals surface area contributed by atoms with Gasteiger partial charge in [0.2, 0.25) is 0 Å². The van der Waals surface area contributed by atoms with E-state index in [0.717, 1.165) is 15.9 Å². The molecule has 0 fully saturated rings. The first-order valence-corrected chi connectivity index (χ1v) is 6.90. The van der Waals surface area contributed by atoms with Crippen LogP contribution in [0.4, 0.5) is 0 Å². The number of amides is 1. The number of thiophene rings is 1. The second-order valence-corrected chi connectivity index (χ2v) is 6.26. The van der Waals surface area contributed by atoms with Gasteiger partial charge in [0.15, 0.2) is 0 Å². The molecule has 0 aliphatic heterocycles. The van der Waals surface area contributed by atoms with Gasteiger partial charge in [-0.25, -0.2) is 0 Å². The second-order valence-electron chi connectivity index (χ2n) is 3.97. The smallest absolute Gasteiger partial charge is 0.252 e. The van der Waals surface area contributed by atoms with Crippen molar-refractivity contribution in [3.05, 3.63) is 20.8 Å². The van der Waals surface area contributed by atoms with Gasteiger partial charge in [-0.15, -0.1) is 11.3 Å². The minimum absolute atomic E-state index is 0.000828. The summed E-state index contributed by atoms with van der Waals surface area (Å²) in [6.07, 6.45) is 0. The molecular weight excluding hydrogens is 288 g/mol. The van der Waals surface area contributed by atoms with E-state index in [4.69, 9.17) is 0 Å². The standard InChI is InChI=1S/C11H17BrN2OS/c1-8(2)14(3)5-4-13-11(15)9-6-10(12)16-7-9/h6-8H,4-5H2,1-3H3,(H,13,15). The van der Waals surface area contributed by atoms with Crippen LogP contribution < -0.4 is 5.32 Å². The Kier molecular flexibility index (Phi) is 5.44. The van der Waals surface area contributed by atoms with Crippen molar-refractivity contribution < 1.29 is 4.79 Å². The summed E-state index contributed by atoms with van der Waals surface area (Å²) in [4.78, 5) is 13.9. The number of carbonyl (C=O) groups is 1. The Bertz CT molecular complexity index is 352. The Morgan fingerprint density at radius 3 is 2.81 bits per heavy atom. The molecule has 1 rings (SSSR count). The van der Waals surface area contributed by atoms with Crippen molar-refractivity contribution in [3.8, 4) is 0 Å². The van der Waals surface area contributed by atoms with Crippen LogP contribution in [0, 0.1) is 0 Å². The maximum Gasteiger partial charge on any atom is 0.252 e. The summed E-state index contributed by atoms with van der Waals surface area (Å²) in [5.74, 6) is -0.000828. The number of likely N-dealkylation sites (N-methyl/N-ethyl adjacent to an activating group) is 1. The molecule has 3 nitrogen and oxygen atoms in total. The Morgan fingerprint density at radius 2 is 2.31 bits per heavy atom. The molecule has 0 bridgehead atoms. The average Bonchev–Trinajstić information content (AvgIpc) is 2.64. The highest BCUT2D eigenvalue weighted by Gasteiger charge is 2.08. The molecule has 0 atom stereocenters. The van der Waals surface area contributed by atoms with Gasteiger partial charge in [-0.3, -0.25) is 4.79 Å². The van der Waals surface area contributed by atoms with E-state index in [1.807, 2.05) is 11.4 Å². The normalized spacial score (nSPS) is 11.1. The topological polar surface area (TPSA) is 32.3 Å². The van der Waals surface area contributed by atoms with Crippen molar-refractivity contribution in [3.63, 3.8) is 0 Å². The molecule has 0 saturated heterocycles. The predicted octanol–water partition coefficient (Wildman–Crippen LogP) is 2.58. The number of halogens is 1. The van der Waals surface area contributed by atoms with Gasteiger partial charge in [0.05, 0.1) is 9.35 Å². The van der Waals surface area contributed by atoms with E-state index < -0.39 is 0 Å². The fraction of sp³-hybridized carbons (Fsp3) is 0.545. The lowest BCUT2D eigenvalue weighted by atomic mass is 10.3. The SMILES string of the molecule is CC(C)N(C)CCNC(=O)c1csc(Br)c1. The van der Waals surface area contributed by atoms with E-state index in [9.17, 15) is 4.79 Å². The minimum atomic E-state index is -0.000828. The highest BCUT2D eigenvalue weighted by Crippen LogP contribution is 2.20. The van der Waals surface area contributed by atoms with E-state index in [-0.39, 0.29) is 5.91 Å². The van der Waals surface area contributed by atoms with Crippen LogP contribution in [0.15, 0.2) is 15.2 Å². The van der Waals surface area contributed by atoms with E-state index in [2.05, 4.69) is 47.0 Å². The lowest BCUT2D eigenvalue weighted by molar-refractivity contribution is 0.0948. The molecule has 0 aliphatic carbocycles. The molecule has 1 heterocycles. The number of nitrogens with one attached hydrogen (secondary N) is 1. The van der Waals surface area contributed by atoms with Crippen LogP contribution in [-0.4, -0.2) is 37.0 Å². The fourth-order valence-corrected chi connectivity index (χ4v) is 2.27. The van der Waals surface area contributed by atoms with E-state index in [1.54, 1.807) is 0 Å². The maximum atomic E-state index is 11.7. The van der Waals surface area contributed by atoms with E-state index in [1.165, 1.54) is 11.3 Å². The van der Waals surface area contributed by atoms with Crippen molar-refractivity contribution in [2.75, 3.05) is 20.1 Å². The second kappa shape index (κ2) is 6.37. The van der Waals surface area contributed by atoms with E-state index in [0.29, 0.717) is 12.6 Å². The number of hydrogen-bond acceptors (Lipinski definition) is 3. The number of nitrogens with zero attached hydrogens (tertiary/aromatic N) is 1. The van der Waals surface area contributed by atoms with Crippen LogP contribution in [-0.2, 0) is 0 Å². The average molecular weight is 305 g/mol. The van der Waals surface area contributed by atoms with Gasteiger partial charge in [-0.2, -0.15) is 0 Å². The van der Waals surface area contributed by atoms with Gasteiger partial charge >= 0.3 is 0 Å². The first kappa shape index (κ1) is 13.7. The zero-order chi connectivity index (χ0) is 12.1. The zero-order valence-corrected chi connectivity index (χ0v) is 12.2. The summed E-state index contributed by atoms with van der Waals surface area (Å²) < 4.78 is 0.983. The minimum Gasteiger partial charge on any atom is -0.351 e. The predicted molar refractivity (Wildman–Crippen MR) is 72.1 cm³/mol. The summed E-state index contributed by atoms with van der Waals surface area (Å²) in [6.45, 7) is 5.82. The van der Waals surface area contributed by atoms with Crippen LogP contribution in [0.2, 0.25) is 0 Å². The summed E-state index contributed by atoms with van der Waals surface area (Å²) >= 11 is 4.86. The van der Waals surface area contributed by atoms with Gasteiger partial charge in [-0.1, -0.05) is 0 Å². The van der Waals surface area contributed by atoms with E-state index >= 15 is 0 Å². The molecule has 0 aliphatic rings. The third-order valence-corrected chi connectivity index (χ3v) is 3.97. The van der Waals surface area contributed by atoms with Crippen LogP contribution in [0.5, 0.6) is 0 Å². The summed E-state index contributed by atoms with van der Waals surface area (Å²) in [7, 11) is 2.05. The van der Waals surface area contributed by atoms with Gasteiger partial charge < -0.3 is 10.2 Å². The largest absolute Gasteiger partial charge is 0.351 e. The Hall–Kier alpha value is -0.390. The Balaban J connectivity index is 2.31. The molecule has 0 spiro atoms. The molecule has 1 aromatic rings. The molecule has 1 aromatic heterocycles. The quantitative estimate of drug-likeness (QED) is 0.907. The van der Waals surface area contributed by atoms with Crippen molar-refractivity contribution >= 4 is 33.2 Å². The highest BCUT2D eigenvalue weighted by atomic mass is 79.9. The monoisotopic (exact) mass is 304 g/mol. The van der Waals surface area contributed by atoms with Gasteiger partial charge in [-0.05, 0) is 42.9 Å². The zero-order valence-electron chi connectivity index (χ0n) is 9.79. The summed E-state index contributed by atoms with van der Waals surface area (Å²) in [6, 6.07) is 2.35. The third-order valence-electron chi connectivity index (χ3n) is 2.46. The molecule has 1 amide bonds. The van der Waals surface area contributed by atoms with Crippen molar-refractivity contribution in [1.82, 2.24) is 10.2 Å². The molecule has 0 unspecified atom stereocenters. The third kappa shape index (κ3) is 4.23. The van der Waals surface area contributed by atoms with Crippen molar-refractivity contribution in [2.45, 2.75) is 19.9 Å². The maximum absolute atomic E-state index is 11.7. The lowest BCUT2D eigenvalue weighted by Crippen LogP contribution is -2.36. The Labute approximate surface area is 109 Å². The highest BCUT2D eigenvalue weighted by molar-refractivity contribution is 9.11. The van der Waals surface area contributed by atoms with Crippen molar-refractivity contribution in [2.24, 2.45) is 0 Å². The summed E-state index contributed by atoms with van der Waals surface area (Å²) in [5.41, 5.74) is 0.726. The number of carbonyl (C=O) groups excluding carboxylic acids is 1. The first-order valence-electron chi connectivity index (χ1n) is 5.23. The van der Waals surface area contributed by atoms with Crippen LogP contribution in [0.3, 0.4) is 0 Å². The van der Waals surface area contributed by atoms with Crippen LogP contribution >= 0.6 is 27.3 Å². The number of hydrogen-bond donors (Lipinski definition) is 1. The lowest BCUT2D eigenvalue weighted by Gasteiger charge is -2.20. The van der Waals surface area contributed by atoms with Crippen molar-refractivity contribution in [1.29, 1.82) is 0 Å². The molecule has 5 heteroatoms. The van der Waals surface area contributed by atoms with Gasteiger partial charge in [0, 0.05) is 24.5 Å². The summed E-state index contributed by atoms with van der Waals surface area (Å²) in [5, 5.41) is 4.76. The fourth-order valence-electron chi connectivity index (χ4n) is 1.14. The number of rotatable bonds is 5. The van der Waals surface area contributed by atoms with Gasteiger partial charge in [0.1, 0.15) is 0 Å². The Morgan fingerprint density at radius 1 is 1.62 bits per heavy atom. The molecule has 0 aromatic carbocycles.